The van der Waals surface area contributed by atoms with Gasteiger partial charge in [-0.05, 0) is 44.5 Å². The summed E-state index contributed by atoms with van der Waals surface area (Å²) in [5, 5.41) is 3.06. The van der Waals surface area contributed by atoms with Gasteiger partial charge < -0.3 is 14.8 Å². The van der Waals surface area contributed by atoms with Crippen LogP contribution >= 0.6 is 11.6 Å². The van der Waals surface area contributed by atoms with Crippen LogP contribution in [0.3, 0.4) is 0 Å². The molecule has 0 saturated heterocycles. The van der Waals surface area contributed by atoms with E-state index < -0.39 is 29.3 Å². The number of methoxy groups -OCH3 is 2. The zero-order valence-electron chi connectivity index (χ0n) is 13.7. The number of rotatable bonds is 4. The molecule has 7 heteroatoms. The first-order valence-corrected chi connectivity index (χ1v) is 7.26. The molecule has 6 nitrogen and oxygen atoms in total. The number of nitrogens with one attached hydrogen (secondary N) is 1. The van der Waals surface area contributed by atoms with Gasteiger partial charge in [0.1, 0.15) is 0 Å². The van der Waals surface area contributed by atoms with E-state index >= 15 is 0 Å². The minimum absolute atomic E-state index is 0.137. The Balaban J connectivity index is 3.42. The summed E-state index contributed by atoms with van der Waals surface area (Å²) in [5.74, 6) is -3.47. The standard InChI is InChI=1S/C16H20ClNO5/c1-16(2,3)18-13(19)10-7-6-9(17)8-11(10)12(14(20)22-4)15(21)23-5/h6-8,12H,1-5H3,(H,18,19). The summed E-state index contributed by atoms with van der Waals surface area (Å²) in [6.45, 7) is 5.45. The van der Waals surface area contributed by atoms with Gasteiger partial charge in [0.2, 0.25) is 0 Å². The molecule has 1 rings (SSSR count). The second-order valence-electron chi connectivity index (χ2n) is 5.92. The fourth-order valence-electron chi connectivity index (χ4n) is 1.97. The SMILES string of the molecule is COC(=O)C(C(=O)OC)c1cc(Cl)ccc1C(=O)NC(C)(C)C. The van der Waals surface area contributed by atoms with Gasteiger partial charge >= 0.3 is 11.9 Å². The molecule has 0 atom stereocenters. The molecule has 0 aliphatic carbocycles. The van der Waals surface area contributed by atoms with Crippen LogP contribution in [-0.4, -0.2) is 37.6 Å². The number of halogens is 1. The zero-order chi connectivity index (χ0) is 17.8. The number of amides is 1. The lowest BCUT2D eigenvalue weighted by Gasteiger charge is -2.23. The smallest absolute Gasteiger partial charge is 0.324 e. The van der Waals surface area contributed by atoms with E-state index in [4.69, 9.17) is 11.6 Å². The summed E-state index contributed by atoms with van der Waals surface area (Å²) in [4.78, 5) is 36.4. The van der Waals surface area contributed by atoms with Crippen LogP contribution in [0, 0.1) is 0 Å². The third-order valence-electron chi connectivity index (χ3n) is 2.93. The molecule has 1 N–H and O–H groups in total. The van der Waals surface area contributed by atoms with Gasteiger partial charge in [-0.1, -0.05) is 11.6 Å². The molecule has 1 aromatic rings. The first-order valence-electron chi connectivity index (χ1n) is 6.88. The first-order chi connectivity index (χ1) is 10.6. The van der Waals surface area contributed by atoms with E-state index in [1.807, 2.05) is 20.8 Å². The topological polar surface area (TPSA) is 81.7 Å². The van der Waals surface area contributed by atoms with Gasteiger partial charge in [-0.25, -0.2) is 0 Å². The molecule has 126 valence electrons. The van der Waals surface area contributed by atoms with Crippen LogP contribution < -0.4 is 5.32 Å². The van der Waals surface area contributed by atoms with Crippen molar-refractivity contribution >= 4 is 29.4 Å². The van der Waals surface area contributed by atoms with Gasteiger partial charge in [-0.2, -0.15) is 0 Å². The highest BCUT2D eigenvalue weighted by molar-refractivity contribution is 6.31. The van der Waals surface area contributed by atoms with Crippen LogP contribution in [0.1, 0.15) is 42.6 Å². The first kappa shape index (κ1) is 19.0. The Kier molecular flexibility index (Phi) is 6.15. The second kappa shape index (κ2) is 7.46. The number of hydrogen-bond donors (Lipinski definition) is 1. The summed E-state index contributed by atoms with van der Waals surface area (Å²) in [5.41, 5.74) is -0.192. The van der Waals surface area contributed by atoms with E-state index in [0.29, 0.717) is 0 Å². The maximum atomic E-state index is 12.5. The molecule has 0 spiro atoms. The van der Waals surface area contributed by atoms with Crippen molar-refractivity contribution in [3.05, 3.63) is 34.3 Å². The molecule has 0 heterocycles. The average molecular weight is 342 g/mol. The van der Waals surface area contributed by atoms with Gasteiger partial charge in [0, 0.05) is 16.1 Å². The normalized spacial score (nSPS) is 11.1. The lowest BCUT2D eigenvalue weighted by Crippen LogP contribution is -2.41. The molecule has 0 radical (unpaired) electrons. The van der Waals surface area contributed by atoms with Gasteiger partial charge in [0.15, 0.2) is 5.92 Å². The highest BCUT2D eigenvalue weighted by Crippen LogP contribution is 2.27. The van der Waals surface area contributed by atoms with Crippen molar-refractivity contribution in [2.45, 2.75) is 32.2 Å². The van der Waals surface area contributed by atoms with Crippen LogP contribution in [0.25, 0.3) is 0 Å². The predicted molar refractivity (Wildman–Crippen MR) is 85.4 cm³/mol. The molecule has 0 bridgehead atoms. The Labute approximate surface area is 140 Å². The van der Waals surface area contributed by atoms with Crippen molar-refractivity contribution in [3.8, 4) is 0 Å². The number of ether oxygens (including phenoxy) is 2. The fourth-order valence-corrected chi connectivity index (χ4v) is 2.15. The molecular weight excluding hydrogens is 322 g/mol. The second-order valence-corrected chi connectivity index (χ2v) is 6.35. The van der Waals surface area contributed by atoms with Gasteiger partial charge in [-0.15, -0.1) is 0 Å². The third-order valence-corrected chi connectivity index (χ3v) is 3.17. The van der Waals surface area contributed by atoms with Crippen molar-refractivity contribution in [1.29, 1.82) is 0 Å². The molecule has 0 fully saturated rings. The monoisotopic (exact) mass is 341 g/mol. The number of esters is 2. The van der Waals surface area contributed by atoms with Crippen molar-refractivity contribution in [3.63, 3.8) is 0 Å². The van der Waals surface area contributed by atoms with Crippen LogP contribution in [0.4, 0.5) is 0 Å². The minimum Gasteiger partial charge on any atom is -0.468 e. The molecule has 0 unspecified atom stereocenters. The third kappa shape index (κ3) is 4.96. The molecule has 0 saturated carbocycles. The Morgan fingerprint density at radius 3 is 2.04 bits per heavy atom. The van der Waals surface area contributed by atoms with Crippen LogP contribution in [0.15, 0.2) is 18.2 Å². The largest absolute Gasteiger partial charge is 0.468 e. The average Bonchev–Trinajstić information content (AvgIpc) is 2.45. The van der Waals surface area contributed by atoms with Crippen LogP contribution in [0.2, 0.25) is 5.02 Å². The molecule has 23 heavy (non-hydrogen) atoms. The van der Waals surface area contributed by atoms with E-state index in [1.54, 1.807) is 0 Å². The molecule has 0 aliphatic rings. The van der Waals surface area contributed by atoms with E-state index in [0.717, 1.165) is 14.2 Å². The summed E-state index contributed by atoms with van der Waals surface area (Å²) < 4.78 is 9.30. The molecule has 1 aromatic carbocycles. The zero-order valence-corrected chi connectivity index (χ0v) is 14.5. The van der Waals surface area contributed by atoms with Crippen molar-refractivity contribution < 1.29 is 23.9 Å². The van der Waals surface area contributed by atoms with Crippen molar-refractivity contribution in [2.24, 2.45) is 0 Å². The minimum atomic E-state index is -1.38. The number of benzene rings is 1. The van der Waals surface area contributed by atoms with Gasteiger partial charge in [0.05, 0.1) is 14.2 Å². The Morgan fingerprint density at radius 2 is 1.61 bits per heavy atom. The summed E-state index contributed by atoms with van der Waals surface area (Å²) in [7, 11) is 2.30. The van der Waals surface area contributed by atoms with Gasteiger partial charge in [0.25, 0.3) is 5.91 Å². The number of carbonyl (C=O) groups is 3. The van der Waals surface area contributed by atoms with E-state index in [1.165, 1.54) is 18.2 Å². The number of hydrogen-bond acceptors (Lipinski definition) is 5. The lowest BCUT2D eigenvalue weighted by atomic mass is 9.93. The maximum Gasteiger partial charge on any atom is 0.324 e. The molecule has 1 amide bonds. The summed E-state index contributed by atoms with van der Waals surface area (Å²) in [6, 6.07) is 4.35. The summed E-state index contributed by atoms with van der Waals surface area (Å²) >= 11 is 5.96. The summed E-state index contributed by atoms with van der Waals surface area (Å²) in [6.07, 6.45) is 0. The van der Waals surface area contributed by atoms with E-state index in [2.05, 4.69) is 14.8 Å². The lowest BCUT2D eigenvalue weighted by molar-refractivity contribution is -0.154. The van der Waals surface area contributed by atoms with Gasteiger partial charge in [-0.3, -0.25) is 14.4 Å². The predicted octanol–water partition coefficient (Wildman–Crippen LogP) is 2.30. The van der Waals surface area contributed by atoms with E-state index in [-0.39, 0.29) is 16.1 Å². The van der Waals surface area contributed by atoms with Crippen molar-refractivity contribution in [1.82, 2.24) is 5.32 Å². The van der Waals surface area contributed by atoms with Crippen molar-refractivity contribution in [2.75, 3.05) is 14.2 Å². The highest BCUT2D eigenvalue weighted by atomic mass is 35.5. The molecular formula is C16H20ClNO5. The quantitative estimate of drug-likeness (QED) is 0.671. The Hall–Kier alpha value is -2.08. The Morgan fingerprint density at radius 1 is 1.09 bits per heavy atom. The Bertz CT molecular complexity index is 605. The maximum absolute atomic E-state index is 12.5. The fraction of sp³-hybridized carbons (Fsp3) is 0.438. The molecule has 0 aromatic heterocycles. The van der Waals surface area contributed by atoms with Crippen LogP contribution in [0.5, 0.6) is 0 Å². The highest BCUT2D eigenvalue weighted by Gasteiger charge is 2.34. The number of carbonyl (C=O) groups excluding carboxylic acids is 3. The van der Waals surface area contributed by atoms with E-state index in [9.17, 15) is 14.4 Å². The van der Waals surface area contributed by atoms with Crippen LogP contribution in [-0.2, 0) is 19.1 Å². The molecule has 0 aliphatic heterocycles.